The monoisotopic (exact) mass is 956 g/mol. The lowest BCUT2D eigenvalue weighted by Gasteiger charge is -2.15. The summed E-state index contributed by atoms with van der Waals surface area (Å²) in [6.45, 7) is 2.94. The molecule has 0 radical (unpaired) electrons. The lowest BCUT2D eigenvalue weighted by molar-refractivity contribution is -0.121. The van der Waals surface area contributed by atoms with Gasteiger partial charge in [0.25, 0.3) is 23.6 Å². The highest BCUT2D eigenvalue weighted by molar-refractivity contribution is 6.04. The molecule has 5 rings (SSSR count). The number of aromatic nitrogens is 8. The first-order chi connectivity index (χ1) is 32.9. The summed E-state index contributed by atoms with van der Waals surface area (Å²) in [6.07, 6.45) is 10.5. The third-order valence-electron chi connectivity index (χ3n) is 10.4. The highest BCUT2D eigenvalue weighted by Crippen LogP contribution is 2.19. The first-order valence-corrected chi connectivity index (χ1v) is 22.0. The van der Waals surface area contributed by atoms with Crippen molar-refractivity contribution in [2.24, 2.45) is 41.0 Å². The fourth-order valence-corrected chi connectivity index (χ4v) is 6.78. The second kappa shape index (κ2) is 24.6. The zero-order chi connectivity index (χ0) is 50.2. The van der Waals surface area contributed by atoms with Gasteiger partial charge in [-0.05, 0) is 45.6 Å². The van der Waals surface area contributed by atoms with Gasteiger partial charge in [-0.15, -0.1) is 0 Å². The third kappa shape index (κ3) is 15.5. The van der Waals surface area contributed by atoms with E-state index >= 15 is 0 Å². The van der Waals surface area contributed by atoms with E-state index in [9.17, 15) is 38.4 Å². The van der Waals surface area contributed by atoms with Gasteiger partial charge in [-0.2, -0.15) is 0 Å². The first kappa shape index (κ1) is 51.8. The molecule has 5 aromatic rings. The fraction of sp³-hybridized carbons (Fsp3) is 0.419. The number of carbonyl (C=O) groups is 8. The van der Waals surface area contributed by atoms with Crippen molar-refractivity contribution in [2.45, 2.75) is 38.5 Å². The summed E-state index contributed by atoms with van der Waals surface area (Å²) in [6, 6.07) is 3.01. The van der Waals surface area contributed by atoms with Crippen molar-refractivity contribution in [2.75, 3.05) is 72.9 Å². The number of imidazole rings is 3. The van der Waals surface area contributed by atoms with Crippen LogP contribution in [0.15, 0.2) is 49.3 Å². The molecule has 10 N–H and O–H groups in total. The number of hydrogen-bond donors (Lipinski definition) is 9. The second-order valence-corrected chi connectivity index (χ2v) is 16.1. The van der Waals surface area contributed by atoms with Crippen molar-refractivity contribution >= 4 is 76.1 Å². The number of nitrogens with two attached hydrogens (primary N) is 1. The minimum Gasteiger partial charge on any atom is -0.356 e. The Hall–Kier alpha value is -8.13. The van der Waals surface area contributed by atoms with Gasteiger partial charge in [0.2, 0.25) is 35.3 Å². The van der Waals surface area contributed by atoms with Crippen LogP contribution < -0.4 is 48.3 Å². The number of nitrogens with zero attached hydrogens (tertiary/aromatic N) is 9. The van der Waals surface area contributed by atoms with Gasteiger partial charge in [0.05, 0.1) is 11.4 Å². The SMILES string of the molecule is CN(CCCN)CCCNC(=O)CCNC(=O)c1nc(NC(=O)CCNC(=O)c2cc(NC(=O)c3nc(NC(=O)CCC(=O)Nc4cc(NC(=O)c5nccn5C)cn4C)cn3C)cn2C)cn1C. The molecule has 0 spiro atoms. The second-order valence-electron chi connectivity index (χ2n) is 16.1. The van der Waals surface area contributed by atoms with Crippen LogP contribution in [0.4, 0.5) is 28.8 Å². The van der Waals surface area contributed by atoms with Crippen LogP contribution in [0.2, 0.25) is 0 Å². The van der Waals surface area contributed by atoms with E-state index in [2.05, 4.69) is 62.4 Å². The van der Waals surface area contributed by atoms with E-state index in [0.29, 0.717) is 24.6 Å². The summed E-state index contributed by atoms with van der Waals surface area (Å²) in [5.74, 6) is -2.92. The van der Waals surface area contributed by atoms with Crippen molar-refractivity contribution in [3.05, 3.63) is 72.5 Å². The number of amides is 8. The van der Waals surface area contributed by atoms with E-state index in [4.69, 9.17) is 5.73 Å². The van der Waals surface area contributed by atoms with E-state index in [-0.39, 0.29) is 85.2 Å². The summed E-state index contributed by atoms with van der Waals surface area (Å²) in [4.78, 5) is 116. The van der Waals surface area contributed by atoms with Gasteiger partial charge in [-0.3, -0.25) is 38.4 Å². The van der Waals surface area contributed by atoms with Crippen LogP contribution in [0.25, 0.3) is 0 Å². The Morgan fingerprint density at radius 1 is 0.536 bits per heavy atom. The topological polar surface area (TPSA) is 325 Å². The predicted octanol–water partition coefficient (Wildman–Crippen LogP) is 0.0915. The molecule has 5 aromatic heterocycles. The molecule has 0 unspecified atom stereocenters. The van der Waals surface area contributed by atoms with E-state index in [1.807, 2.05) is 7.05 Å². The Labute approximate surface area is 397 Å². The number of rotatable bonds is 25. The molecule has 0 saturated carbocycles. The van der Waals surface area contributed by atoms with E-state index in [1.165, 1.54) is 44.6 Å². The fourth-order valence-electron chi connectivity index (χ4n) is 6.78. The predicted molar refractivity (Wildman–Crippen MR) is 254 cm³/mol. The molecule has 0 aliphatic rings. The molecule has 0 aliphatic heterocycles. The molecule has 0 fully saturated rings. The van der Waals surface area contributed by atoms with Crippen molar-refractivity contribution in [1.29, 1.82) is 0 Å². The van der Waals surface area contributed by atoms with Gasteiger partial charge in [-0.25, -0.2) is 15.0 Å². The molecule has 370 valence electrons. The molecule has 26 heteroatoms. The van der Waals surface area contributed by atoms with Crippen LogP contribution >= 0.6 is 0 Å². The summed E-state index contributed by atoms with van der Waals surface area (Å²) in [5.41, 5.74) is 6.43. The highest BCUT2D eigenvalue weighted by atomic mass is 16.2. The van der Waals surface area contributed by atoms with Gasteiger partial charge in [0.15, 0.2) is 17.5 Å². The highest BCUT2D eigenvalue weighted by Gasteiger charge is 2.21. The molecule has 5 heterocycles. The average Bonchev–Trinajstić information content (AvgIpc) is 4.13. The maximum absolute atomic E-state index is 13.2. The molecular weight excluding hydrogens is 897 g/mol. The van der Waals surface area contributed by atoms with E-state index in [0.717, 1.165) is 25.9 Å². The Balaban J connectivity index is 0.993. The van der Waals surface area contributed by atoms with Crippen LogP contribution in [-0.4, -0.2) is 136 Å². The third-order valence-corrected chi connectivity index (χ3v) is 10.4. The maximum Gasteiger partial charge on any atom is 0.291 e. The Bertz CT molecular complexity index is 2650. The maximum atomic E-state index is 13.2. The van der Waals surface area contributed by atoms with E-state index in [1.54, 1.807) is 62.8 Å². The number of anilines is 5. The average molecular weight is 957 g/mol. The molecule has 26 nitrogen and oxygen atoms in total. The Morgan fingerprint density at radius 3 is 1.70 bits per heavy atom. The molecule has 69 heavy (non-hydrogen) atoms. The smallest absolute Gasteiger partial charge is 0.291 e. The summed E-state index contributed by atoms with van der Waals surface area (Å²) >= 11 is 0. The van der Waals surface area contributed by atoms with E-state index < -0.39 is 41.4 Å². The zero-order valence-electron chi connectivity index (χ0n) is 39.5. The molecule has 0 saturated heterocycles. The number of aryl methyl sites for hydroxylation is 5. The van der Waals surface area contributed by atoms with Crippen LogP contribution in [0.1, 0.15) is 80.9 Å². The summed E-state index contributed by atoms with van der Waals surface area (Å²) in [7, 11) is 10.1. The van der Waals surface area contributed by atoms with Crippen molar-refractivity contribution in [3.8, 4) is 0 Å². The minimum atomic E-state index is -0.632. The number of hydrogen-bond acceptors (Lipinski definition) is 13. The lowest BCUT2D eigenvalue weighted by atomic mass is 10.3. The largest absolute Gasteiger partial charge is 0.356 e. The molecule has 0 aliphatic carbocycles. The van der Waals surface area contributed by atoms with Crippen molar-refractivity contribution < 1.29 is 38.4 Å². The standard InChI is InChI=1S/C43H60N18O8/c1-56(18-7-13-44)19-8-14-45-33(62)11-15-48-41(67)38-53-31(25-60(38)5)52-36(65)12-16-47-40(66)29-21-27(23-58(29)3)49-43(69)39-54-30(26-61(39)6)51-34(63)9-10-35(64)55-32-22-28(24-59(32)4)50-42(68)37-46-17-20-57(37)2/h17,20-26H,7-16,18-19,44H2,1-6H3,(H,45,62)(H,47,66)(H,48,67)(H,49,69)(H,50,68)(H,51,63)(H,52,65)(H,55,64). The van der Waals surface area contributed by atoms with Crippen molar-refractivity contribution in [3.63, 3.8) is 0 Å². The van der Waals surface area contributed by atoms with Gasteiger partial charge < -0.3 is 76.0 Å². The zero-order valence-corrected chi connectivity index (χ0v) is 39.5. The van der Waals surface area contributed by atoms with Crippen molar-refractivity contribution in [1.82, 2.24) is 58.6 Å². The minimum absolute atomic E-state index is 0.0305. The molecule has 8 amide bonds. The van der Waals surface area contributed by atoms with Crippen LogP contribution in [-0.2, 0) is 54.4 Å². The van der Waals surface area contributed by atoms with Gasteiger partial charge in [-0.1, -0.05) is 0 Å². The van der Waals surface area contributed by atoms with Crippen LogP contribution in [0, 0.1) is 0 Å². The van der Waals surface area contributed by atoms with Gasteiger partial charge in [0, 0.05) is 124 Å². The number of nitrogens with one attached hydrogen (secondary N) is 8. The molecular formula is C43H60N18O8. The molecule has 0 bridgehead atoms. The lowest BCUT2D eigenvalue weighted by Crippen LogP contribution is -2.33. The molecule has 0 aromatic carbocycles. The van der Waals surface area contributed by atoms with Gasteiger partial charge >= 0.3 is 0 Å². The summed E-state index contributed by atoms with van der Waals surface area (Å²) < 4.78 is 7.51. The Kier molecular flexibility index (Phi) is 18.5. The van der Waals surface area contributed by atoms with Crippen LogP contribution in [0.5, 0.6) is 0 Å². The van der Waals surface area contributed by atoms with Crippen LogP contribution in [0.3, 0.4) is 0 Å². The quantitative estimate of drug-likeness (QED) is 0.0351. The summed E-state index contributed by atoms with van der Waals surface area (Å²) in [5, 5.41) is 21.5. The number of carbonyl (C=O) groups excluding carboxylic acids is 8. The first-order valence-electron chi connectivity index (χ1n) is 22.0. The Morgan fingerprint density at radius 2 is 1.07 bits per heavy atom. The molecule has 0 atom stereocenters. The normalized spacial score (nSPS) is 11.0. The van der Waals surface area contributed by atoms with Gasteiger partial charge in [0.1, 0.15) is 11.5 Å².